The lowest BCUT2D eigenvalue weighted by molar-refractivity contribution is -0.142. The van der Waals surface area contributed by atoms with Crippen molar-refractivity contribution in [3.8, 4) is 5.75 Å². The second-order valence-electron chi connectivity index (χ2n) is 6.84. The molecule has 1 N–H and O–H groups in total. The normalized spacial score (nSPS) is 11.7. The molecule has 7 heteroatoms. The van der Waals surface area contributed by atoms with Crippen molar-refractivity contribution in [2.75, 3.05) is 13.2 Å². The van der Waals surface area contributed by atoms with E-state index in [1.807, 2.05) is 13.8 Å². The summed E-state index contributed by atoms with van der Waals surface area (Å²) in [6.45, 7) is 7.23. The van der Waals surface area contributed by atoms with Gasteiger partial charge in [0.15, 0.2) is 6.61 Å². The summed E-state index contributed by atoms with van der Waals surface area (Å²) in [5, 5.41) is 3.34. The van der Waals surface area contributed by atoms with Crippen LogP contribution < -0.4 is 10.1 Å². The standard InChI is InChI=1S/C22H26ClFN2O3/c1-5-25-22(28)16(4)26(12-17-8-6-7-9-19(17)24)20(27)13-29-18-10-14(2)21(23)15(3)11-18/h6-11,16H,5,12-13H2,1-4H3,(H,25,28)/t16-/m1/s1. The largest absolute Gasteiger partial charge is 0.484 e. The van der Waals surface area contributed by atoms with Crippen LogP contribution in [0.4, 0.5) is 4.39 Å². The van der Waals surface area contributed by atoms with Crippen molar-refractivity contribution in [3.05, 3.63) is 63.9 Å². The number of ether oxygens (including phenoxy) is 1. The molecule has 0 aliphatic rings. The first kappa shape index (κ1) is 22.7. The van der Waals surface area contributed by atoms with E-state index in [0.717, 1.165) is 11.1 Å². The highest BCUT2D eigenvalue weighted by atomic mass is 35.5. The van der Waals surface area contributed by atoms with Gasteiger partial charge in [-0.05, 0) is 57.0 Å². The maximum absolute atomic E-state index is 14.1. The average molecular weight is 421 g/mol. The van der Waals surface area contributed by atoms with Gasteiger partial charge in [0, 0.05) is 23.7 Å². The zero-order valence-corrected chi connectivity index (χ0v) is 17.8. The Morgan fingerprint density at radius 3 is 2.41 bits per heavy atom. The predicted molar refractivity (Wildman–Crippen MR) is 112 cm³/mol. The molecule has 0 heterocycles. The third-order valence-electron chi connectivity index (χ3n) is 4.59. The van der Waals surface area contributed by atoms with E-state index in [1.54, 1.807) is 44.2 Å². The Bertz CT molecular complexity index is 865. The topological polar surface area (TPSA) is 58.6 Å². The van der Waals surface area contributed by atoms with Gasteiger partial charge in [0.05, 0.1) is 0 Å². The number of nitrogens with one attached hydrogen (secondary N) is 1. The van der Waals surface area contributed by atoms with Crippen LogP contribution in [0.1, 0.15) is 30.5 Å². The second-order valence-corrected chi connectivity index (χ2v) is 7.22. The van der Waals surface area contributed by atoms with Gasteiger partial charge in [-0.3, -0.25) is 9.59 Å². The van der Waals surface area contributed by atoms with Crippen LogP contribution >= 0.6 is 11.6 Å². The summed E-state index contributed by atoms with van der Waals surface area (Å²) in [6, 6.07) is 8.89. The van der Waals surface area contributed by atoms with E-state index >= 15 is 0 Å². The monoisotopic (exact) mass is 420 g/mol. The molecule has 156 valence electrons. The zero-order chi connectivity index (χ0) is 21.6. The maximum atomic E-state index is 14.1. The summed E-state index contributed by atoms with van der Waals surface area (Å²) in [5.41, 5.74) is 2.01. The number of carbonyl (C=O) groups excluding carboxylic acids is 2. The Kier molecular flexibility index (Phi) is 8.02. The van der Waals surface area contributed by atoms with E-state index in [-0.39, 0.29) is 19.1 Å². The fraction of sp³-hybridized carbons (Fsp3) is 0.364. The van der Waals surface area contributed by atoms with E-state index in [1.165, 1.54) is 11.0 Å². The lowest BCUT2D eigenvalue weighted by Gasteiger charge is -2.28. The Hall–Kier alpha value is -2.60. The molecule has 0 radical (unpaired) electrons. The first-order chi connectivity index (χ1) is 13.7. The molecule has 0 fully saturated rings. The molecular formula is C22H26ClFN2O3. The van der Waals surface area contributed by atoms with E-state index in [9.17, 15) is 14.0 Å². The molecule has 5 nitrogen and oxygen atoms in total. The first-order valence-electron chi connectivity index (χ1n) is 9.44. The third-order valence-corrected chi connectivity index (χ3v) is 5.19. The van der Waals surface area contributed by atoms with Crippen LogP contribution in [-0.2, 0) is 16.1 Å². The van der Waals surface area contributed by atoms with Gasteiger partial charge in [0.25, 0.3) is 5.91 Å². The van der Waals surface area contributed by atoms with Gasteiger partial charge in [0.1, 0.15) is 17.6 Å². The molecule has 2 aromatic rings. The van der Waals surface area contributed by atoms with Gasteiger partial charge in [-0.1, -0.05) is 29.8 Å². The number of amides is 2. The van der Waals surface area contributed by atoms with E-state index in [2.05, 4.69) is 5.32 Å². The van der Waals surface area contributed by atoms with Crippen LogP contribution in [-0.4, -0.2) is 35.9 Å². The van der Waals surface area contributed by atoms with E-state index in [0.29, 0.717) is 22.9 Å². The summed E-state index contributed by atoms with van der Waals surface area (Å²) >= 11 is 6.16. The highest BCUT2D eigenvalue weighted by Gasteiger charge is 2.27. The molecule has 0 aromatic heterocycles. The minimum Gasteiger partial charge on any atom is -0.484 e. The SMILES string of the molecule is CCNC(=O)[C@@H](C)N(Cc1ccccc1F)C(=O)COc1cc(C)c(Cl)c(C)c1. The van der Waals surface area contributed by atoms with Crippen LogP contribution in [0.5, 0.6) is 5.75 Å². The van der Waals surface area contributed by atoms with Crippen LogP contribution in [0, 0.1) is 19.7 Å². The number of carbonyl (C=O) groups is 2. The number of likely N-dealkylation sites (N-methyl/N-ethyl adjacent to an activating group) is 1. The van der Waals surface area contributed by atoms with Crippen LogP contribution in [0.2, 0.25) is 5.02 Å². The highest BCUT2D eigenvalue weighted by Crippen LogP contribution is 2.26. The van der Waals surface area contributed by atoms with Gasteiger partial charge >= 0.3 is 0 Å². The predicted octanol–water partition coefficient (Wildman–Crippen LogP) is 4.03. The molecule has 0 aliphatic heterocycles. The minimum absolute atomic E-state index is 0.0359. The number of benzene rings is 2. The zero-order valence-electron chi connectivity index (χ0n) is 17.1. The average Bonchev–Trinajstić information content (AvgIpc) is 2.69. The maximum Gasteiger partial charge on any atom is 0.261 e. The number of aryl methyl sites for hydroxylation is 2. The summed E-state index contributed by atoms with van der Waals surface area (Å²) < 4.78 is 19.8. The van der Waals surface area contributed by atoms with Crippen molar-refractivity contribution in [1.82, 2.24) is 10.2 Å². The Labute approximate surface area is 175 Å². The summed E-state index contributed by atoms with van der Waals surface area (Å²) in [4.78, 5) is 26.5. The number of hydrogen-bond donors (Lipinski definition) is 1. The molecule has 0 bridgehead atoms. The van der Waals surface area contributed by atoms with Crippen LogP contribution in [0.25, 0.3) is 0 Å². The van der Waals surface area contributed by atoms with Crippen molar-refractivity contribution >= 4 is 23.4 Å². The molecule has 0 saturated heterocycles. The molecule has 0 spiro atoms. The molecule has 0 saturated carbocycles. The van der Waals surface area contributed by atoms with E-state index < -0.39 is 17.8 Å². The van der Waals surface area contributed by atoms with Crippen molar-refractivity contribution in [2.24, 2.45) is 0 Å². The fourth-order valence-electron chi connectivity index (χ4n) is 2.93. The molecule has 1 atom stereocenters. The van der Waals surface area contributed by atoms with Gasteiger partial charge in [-0.2, -0.15) is 0 Å². The quantitative estimate of drug-likeness (QED) is 0.701. The van der Waals surface area contributed by atoms with Crippen molar-refractivity contribution in [3.63, 3.8) is 0 Å². The van der Waals surface area contributed by atoms with Gasteiger partial charge in [0.2, 0.25) is 5.91 Å². The molecule has 2 aromatic carbocycles. The minimum atomic E-state index is -0.778. The molecule has 2 rings (SSSR count). The Balaban J connectivity index is 2.19. The Morgan fingerprint density at radius 2 is 1.83 bits per heavy atom. The fourth-order valence-corrected chi connectivity index (χ4v) is 3.04. The summed E-state index contributed by atoms with van der Waals surface area (Å²) in [7, 11) is 0. The molecule has 29 heavy (non-hydrogen) atoms. The third kappa shape index (κ3) is 5.94. The molecule has 2 amide bonds. The number of halogens is 2. The Morgan fingerprint density at radius 1 is 1.21 bits per heavy atom. The van der Waals surface area contributed by atoms with Gasteiger partial charge in [-0.15, -0.1) is 0 Å². The summed E-state index contributed by atoms with van der Waals surface area (Å²) in [6.07, 6.45) is 0. The molecular weight excluding hydrogens is 395 g/mol. The first-order valence-corrected chi connectivity index (χ1v) is 9.82. The molecule has 0 aliphatic carbocycles. The lowest BCUT2D eigenvalue weighted by atomic mass is 10.1. The second kappa shape index (κ2) is 10.3. The number of hydrogen-bond acceptors (Lipinski definition) is 3. The smallest absolute Gasteiger partial charge is 0.261 e. The van der Waals surface area contributed by atoms with E-state index in [4.69, 9.17) is 16.3 Å². The van der Waals surface area contributed by atoms with Crippen molar-refractivity contribution in [1.29, 1.82) is 0 Å². The van der Waals surface area contributed by atoms with Gasteiger partial charge < -0.3 is 15.0 Å². The summed E-state index contributed by atoms with van der Waals surface area (Å²) in [5.74, 6) is -0.653. The van der Waals surface area contributed by atoms with Crippen molar-refractivity contribution in [2.45, 2.75) is 40.3 Å². The number of rotatable bonds is 8. The van der Waals surface area contributed by atoms with Crippen LogP contribution in [0.3, 0.4) is 0 Å². The molecule has 0 unspecified atom stereocenters. The van der Waals surface area contributed by atoms with Crippen LogP contribution in [0.15, 0.2) is 36.4 Å². The van der Waals surface area contributed by atoms with Gasteiger partial charge in [-0.25, -0.2) is 4.39 Å². The van der Waals surface area contributed by atoms with Crippen molar-refractivity contribution < 1.29 is 18.7 Å². The highest BCUT2D eigenvalue weighted by molar-refractivity contribution is 6.32. The number of nitrogens with zero attached hydrogens (tertiary/aromatic N) is 1. The lowest BCUT2D eigenvalue weighted by Crippen LogP contribution is -2.49.